The Kier molecular flexibility index (Phi) is 7.45. The van der Waals surface area contributed by atoms with Crippen molar-refractivity contribution in [2.45, 2.75) is 20.8 Å². The Labute approximate surface area is 168 Å². The molecular weight excluding hydrogens is 352 g/mol. The minimum Gasteiger partial charge on any atom is -0.379 e. The van der Waals surface area contributed by atoms with Crippen molar-refractivity contribution in [2.24, 2.45) is 0 Å². The smallest absolute Gasteiger partial charge is 0.229 e. The van der Waals surface area contributed by atoms with E-state index in [4.69, 9.17) is 4.74 Å². The summed E-state index contributed by atoms with van der Waals surface area (Å²) < 4.78 is 5.39. The summed E-state index contributed by atoms with van der Waals surface area (Å²) in [5, 5.41) is 6.74. The molecule has 0 saturated carbocycles. The standard InChI is InChI=1S/C21H32N6O/c1-4-27(5-2)18-6-7-19(17(3)16-18)24-21-23-9-8-20(25-21)22-10-11-26-12-14-28-15-13-26/h6-9,16H,4-5,10-15H2,1-3H3,(H2,22,23,24,25). The number of aryl methyl sites for hydroxylation is 1. The number of nitrogens with one attached hydrogen (secondary N) is 2. The lowest BCUT2D eigenvalue weighted by atomic mass is 10.1. The summed E-state index contributed by atoms with van der Waals surface area (Å²) in [6.07, 6.45) is 1.78. The number of anilines is 4. The lowest BCUT2D eigenvalue weighted by Gasteiger charge is -2.26. The number of aromatic nitrogens is 2. The van der Waals surface area contributed by atoms with Gasteiger partial charge in [-0.05, 0) is 50.6 Å². The molecule has 7 nitrogen and oxygen atoms in total. The summed E-state index contributed by atoms with van der Waals surface area (Å²) in [6, 6.07) is 8.36. The molecule has 7 heteroatoms. The van der Waals surface area contributed by atoms with Crippen molar-refractivity contribution < 1.29 is 4.74 Å². The molecular formula is C21H32N6O. The molecule has 3 rings (SSSR count). The number of ether oxygens (including phenoxy) is 1. The summed E-state index contributed by atoms with van der Waals surface area (Å²) in [5.41, 5.74) is 3.45. The van der Waals surface area contributed by atoms with Gasteiger partial charge in [0.1, 0.15) is 5.82 Å². The van der Waals surface area contributed by atoms with Gasteiger partial charge >= 0.3 is 0 Å². The van der Waals surface area contributed by atoms with Gasteiger partial charge in [0.05, 0.1) is 13.2 Å². The van der Waals surface area contributed by atoms with Crippen molar-refractivity contribution in [3.05, 3.63) is 36.0 Å². The van der Waals surface area contributed by atoms with E-state index in [1.807, 2.05) is 6.07 Å². The first-order valence-electron chi connectivity index (χ1n) is 10.2. The van der Waals surface area contributed by atoms with Gasteiger partial charge in [-0.3, -0.25) is 4.90 Å². The molecule has 0 amide bonds. The third-order valence-electron chi connectivity index (χ3n) is 5.08. The van der Waals surface area contributed by atoms with E-state index < -0.39 is 0 Å². The summed E-state index contributed by atoms with van der Waals surface area (Å²) in [7, 11) is 0. The van der Waals surface area contributed by atoms with E-state index in [2.05, 4.69) is 69.4 Å². The maximum absolute atomic E-state index is 5.39. The van der Waals surface area contributed by atoms with Crippen molar-refractivity contribution in [2.75, 3.05) is 68.0 Å². The quantitative estimate of drug-likeness (QED) is 0.688. The molecule has 0 aliphatic carbocycles. The second kappa shape index (κ2) is 10.2. The largest absolute Gasteiger partial charge is 0.379 e. The van der Waals surface area contributed by atoms with Crippen LogP contribution >= 0.6 is 0 Å². The van der Waals surface area contributed by atoms with Crippen LogP contribution in [0.2, 0.25) is 0 Å². The average molecular weight is 385 g/mol. The number of rotatable bonds is 9. The molecule has 28 heavy (non-hydrogen) atoms. The molecule has 1 fully saturated rings. The van der Waals surface area contributed by atoms with Crippen LogP contribution in [0.15, 0.2) is 30.5 Å². The molecule has 2 aromatic rings. The first kappa shape index (κ1) is 20.4. The zero-order valence-electron chi connectivity index (χ0n) is 17.2. The zero-order chi connectivity index (χ0) is 19.8. The van der Waals surface area contributed by atoms with E-state index in [-0.39, 0.29) is 0 Å². The highest BCUT2D eigenvalue weighted by Gasteiger charge is 2.10. The van der Waals surface area contributed by atoms with Gasteiger partial charge in [0.2, 0.25) is 5.95 Å². The number of hydrogen-bond acceptors (Lipinski definition) is 7. The van der Waals surface area contributed by atoms with Crippen LogP contribution in [0.3, 0.4) is 0 Å². The minimum atomic E-state index is 0.607. The van der Waals surface area contributed by atoms with Gasteiger partial charge in [-0.25, -0.2) is 4.98 Å². The Hall–Kier alpha value is -2.38. The van der Waals surface area contributed by atoms with Gasteiger partial charge in [-0.1, -0.05) is 0 Å². The number of morpholine rings is 1. The number of benzene rings is 1. The Balaban J connectivity index is 1.58. The van der Waals surface area contributed by atoms with Crippen molar-refractivity contribution in [3.8, 4) is 0 Å². The highest BCUT2D eigenvalue weighted by atomic mass is 16.5. The van der Waals surface area contributed by atoms with Crippen LogP contribution in [0.1, 0.15) is 19.4 Å². The van der Waals surface area contributed by atoms with Crippen molar-refractivity contribution >= 4 is 23.1 Å². The summed E-state index contributed by atoms with van der Waals surface area (Å²) in [4.78, 5) is 13.7. The van der Waals surface area contributed by atoms with E-state index in [9.17, 15) is 0 Å². The third kappa shape index (κ3) is 5.56. The van der Waals surface area contributed by atoms with Crippen LogP contribution in [-0.2, 0) is 4.74 Å². The van der Waals surface area contributed by atoms with Crippen molar-refractivity contribution in [1.29, 1.82) is 0 Å². The van der Waals surface area contributed by atoms with Crippen LogP contribution in [-0.4, -0.2) is 67.4 Å². The molecule has 1 aliphatic heterocycles. The van der Waals surface area contributed by atoms with E-state index >= 15 is 0 Å². The monoisotopic (exact) mass is 384 g/mol. The fraction of sp³-hybridized carbons (Fsp3) is 0.524. The molecule has 0 unspecified atom stereocenters. The molecule has 1 aromatic heterocycles. The van der Waals surface area contributed by atoms with Gasteiger partial charge in [-0.2, -0.15) is 4.98 Å². The van der Waals surface area contributed by atoms with Crippen LogP contribution < -0.4 is 15.5 Å². The molecule has 1 aromatic carbocycles. The molecule has 0 spiro atoms. The van der Waals surface area contributed by atoms with Gasteiger partial charge < -0.3 is 20.3 Å². The molecule has 1 saturated heterocycles. The summed E-state index contributed by atoms with van der Waals surface area (Å²) in [6.45, 7) is 14.0. The first-order chi connectivity index (χ1) is 13.7. The van der Waals surface area contributed by atoms with Gasteiger partial charge in [0.25, 0.3) is 0 Å². The second-order valence-electron chi connectivity index (χ2n) is 6.94. The Morgan fingerprint density at radius 2 is 1.93 bits per heavy atom. The maximum Gasteiger partial charge on any atom is 0.229 e. The highest BCUT2D eigenvalue weighted by molar-refractivity contribution is 5.64. The molecule has 0 atom stereocenters. The second-order valence-corrected chi connectivity index (χ2v) is 6.94. The summed E-state index contributed by atoms with van der Waals surface area (Å²) in [5.74, 6) is 1.44. The van der Waals surface area contributed by atoms with Gasteiger partial charge in [0, 0.05) is 56.8 Å². The lowest BCUT2D eigenvalue weighted by molar-refractivity contribution is 0.0398. The van der Waals surface area contributed by atoms with E-state index in [0.29, 0.717) is 5.95 Å². The first-order valence-corrected chi connectivity index (χ1v) is 10.2. The van der Waals surface area contributed by atoms with E-state index in [0.717, 1.165) is 64.0 Å². The molecule has 0 bridgehead atoms. The molecule has 1 aliphatic rings. The molecule has 2 heterocycles. The average Bonchev–Trinajstić information content (AvgIpc) is 2.72. The normalized spacial score (nSPS) is 14.7. The number of hydrogen-bond donors (Lipinski definition) is 2. The summed E-state index contributed by atoms with van der Waals surface area (Å²) >= 11 is 0. The van der Waals surface area contributed by atoms with Crippen LogP contribution in [0, 0.1) is 6.92 Å². The zero-order valence-corrected chi connectivity index (χ0v) is 17.2. The molecule has 0 radical (unpaired) electrons. The fourth-order valence-electron chi connectivity index (χ4n) is 3.38. The predicted molar refractivity (Wildman–Crippen MR) is 116 cm³/mol. The highest BCUT2D eigenvalue weighted by Crippen LogP contribution is 2.24. The van der Waals surface area contributed by atoms with Gasteiger partial charge in [0.15, 0.2) is 0 Å². The van der Waals surface area contributed by atoms with Crippen LogP contribution in [0.5, 0.6) is 0 Å². The van der Waals surface area contributed by atoms with Crippen LogP contribution in [0.25, 0.3) is 0 Å². The van der Waals surface area contributed by atoms with E-state index in [1.54, 1.807) is 6.20 Å². The Morgan fingerprint density at radius 1 is 1.14 bits per heavy atom. The van der Waals surface area contributed by atoms with E-state index in [1.165, 1.54) is 11.3 Å². The Bertz CT molecular complexity index is 743. The molecule has 152 valence electrons. The van der Waals surface area contributed by atoms with Crippen molar-refractivity contribution in [1.82, 2.24) is 14.9 Å². The predicted octanol–water partition coefficient (Wildman–Crippen LogP) is 3.12. The number of nitrogens with zero attached hydrogens (tertiary/aromatic N) is 4. The fourth-order valence-corrected chi connectivity index (χ4v) is 3.38. The maximum atomic E-state index is 5.39. The molecule has 2 N–H and O–H groups in total. The third-order valence-corrected chi connectivity index (χ3v) is 5.08. The lowest BCUT2D eigenvalue weighted by Crippen LogP contribution is -2.39. The SMILES string of the molecule is CCN(CC)c1ccc(Nc2nccc(NCCN3CCOCC3)n2)c(C)c1. The van der Waals surface area contributed by atoms with Crippen molar-refractivity contribution in [3.63, 3.8) is 0 Å². The van der Waals surface area contributed by atoms with Crippen LogP contribution in [0.4, 0.5) is 23.1 Å². The topological polar surface area (TPSA) is 65.5 Å². The minimum absolute atomic E-state index is 0.607. The van der Waals surface area contributed by atoms with Gasteiger partial charge in [-0.15, -0.1) is 0 Å². The Morgan fingerprint density at radius 3 is 2.64 bits per heavy atom.